The first-order chi connectivity index (χ1) is 12.8. The number of thiophene rings is 1. The minimum Gasteiger partial charge on any atom is -0.379 e. The maximum Gasteiger partial charge on any atom is 0.146 e. The van der Waals surface area contributed by atoms with Crippen LogP contribution in [-0.2, 0) is 24.1 Å². The number of nitrogens with zero attached hydrogens (tertiary/aromatic N) is 4. The van der Waals surface area contributed by atoms with Gasteiger partial charge < -0.3 is 9.64 Å². The zero-order chi connectivity index (χ0) is 17.5. The second-order valence-electron chi connectivity index (χ2n) is 8.08. The van der Waals surface area contributed by atoms with Gasteiger partial charge in [0.05, 0.1) is 25.1 Å². The lowest BCUT2D eigenvalue weighted by atomic mass is 10.00. The highest BCUT2D eigenvalue weighted by Crippen LogP contribution is 2.41. The van der Waals surface area contributed by atoms with Crippen molar-refractivity contribution in [2.24, 2.45) is 5.92 Å². The summed E-state index contributed by atoms with van der Waals surface area (Å²) in [4.78, 5) is 17.9. The van der Waals surface area contributed by atoms with Crippen molar-refractivity contribution in [3.63, 3.8) is 0 Å². The largest absolute Gasteiger partial charge is 0.379 e. The number of aryl methyl sites for hydroxylation is 2. The fourth-order valence-corrected chi connectivity index (χ4v) is 5.93. The molecule has 5 nitrogen and oxygen atoms in total. The molecule has 4 heterocycles. The Morgan fingerprint density at radius 2 is 2.00 bits per heavy atom. The molecule has 0 bridgehead atoms. The summed E-state index contributed by atoms with van der Waals surface area (Å²) in [5.41, 5.74) is 1.55. The van der Waals surface area contributed by atoms with Crippen molar-refractivity contribution in [2.75, 3.05) is 44.3 Å². The van der Waals surface area contributed by atoms with E-state index in [1.807, 2.05) is 11.3 Å². The van der Waals surface area contributed by atoms with E-state index in [0.29, 0.717) is 0 Å². The molecule has 26 heavy (non-hydrogen) atoms. The van der Waals surface area contributed by atoms with Crippen LogP contribution in [0.15, 0.2) is 0 Å². The van der Waals surface area contributed by atoms with Gasteiger partial charge in [-0.3, -0.25) is 4.90 Å². The van der Waals surface area contributed by atoms with E-state index < -0.39 is 0 Å². The number of morpholine rings is 1. The van der Waals surface area contributed by atoms with Crippen molar-refractivity contribution in [1.82, 2.24) is 14.9 Å². The van der Waals surface area contributed by atoms with Gasteiger partial charge in [-0.15, -0.1) is 11.3 Å². The lowest BCUT2D eigenvalue weighted by Gasteiger charge is -2.33. The van der Waals surface area contributed by atoms with Crippen molar-refractivity contribution >= 4 is 27.4 Å². The SMILES string of the molecule is C[C@@H]1CCCN(c2nc(CN3CCOCC3)nc3sc4c(c23)CCC4)C1. The molecule has 0 radical (unpaired) electrons. The summed E-state index contributed by atoms with van der Waals surface area (Å²) in [5, 5.41) is 1.38. The quantitative estimate of drug-likeness (QED) is 0.827. The highest BCUT2D eigenvalue weighted by molar-refractivity contribution is 7.19. The first-order valence-corrected chi connectivity index (χ1v) is 11.0. The van der Waals surface area contributed by atoms with Gasteiger partial charge in [-0.2, -0.15) is 0 Å². The van der Waals surface area contributed by atoms with E-state index in [-0.39, 0.29) is 0 Å². The van der Waals surface area contributed by atoms with Gasteiger partial charge in [0.2, 0.25) is 0 Å². The van der Waals surface area contributed by atoms with Gasteiger partial charge in [0.25, 0.3) is 0 Å². The number of aromatic nitrogens is 2. The van der Waals surface area contributed by atoms with E-state index in [4.69, 9.17) is 14.7 Å². The summed E-state index contributed by atoms with van der Waals surface area (Å²) >= 11 is 1.92. The van der Waals surface area contributed by atoms with Crippen molar-refractivity contribution in [3.8, 4) is 0 Å². The minimum atomic E-state index is 0.753. The normalized spacial score (nSPS) is 24.3. The summed E-state index contributed by atoms with van der Waals surface area (Å²) in [6.45, 7) is 9.11. The predicted molar refractivity (Wildman–Crippen MR) is 106 cm³/mol. The van der Waals surface area contributed by atoms with E-state index in [9.17, 15) is 0 Å². The summed E-state index contributed by atoms with van der Waals surface area (Å²) in [5.74, 6) is 2.97. The maximum atomic E-state index is 5.49. The fraction of sp³-hybridized carbons (Fsp3) is 0.700. The van der Waals surface area contributed by atoms with Crippen LogP contribution in [0.25, 0.3) is 10.2 Å². The highest BCUT2D eigenvalue weighted by Gasteiger charge is 2.27. The Kier molecular flexibility index (Phi) is 4.59. The molecule has 140 valence electrons. The van der Waals surface area contributed by atoms with Crippen molar-refractivity contribution in [3.05, 3.63) is 16.3 Å². The molecule has 0 aromatic carbocycles. The van der Waals surface area contributed by atoms with Crippen LogP contribution >= 0.6 is 11.3 Å². The van der Waals surface area contributed by atoms with Gasteiger partial charge in [-0.05, 0) is 43.6 Å². The van der Waals surface area contributed by atoms with Crippen LogP contribution in [0, 0.1) is 5.92 Å². The van der Waals surface area contributed by atoms with Gasteiger partial charge in [-0.1, -0.05) is 6.92 Å². The standard InChI is InChI=1S/C20H28N4OS/c1-14-4-3-7-24(12-14)19-18-15-5-2-6-16(15)26-20(18)22-17(21-19)13-23-8-10-25-11-9-23/h14H,2-13H2,1H3/t14-/m1/s1. The minimum absolute atomic E-state index is 0.753. The summed E-state index contributed by atoms with van der Waals surface area (Å²) in [6, 6.07) is 0. The Morgan fingerprint density at radius 3 is 2.85 bits per heavy atom. The second-order valence-corrected chi connectivity index (χ2v) is 9.17. The van der Waals surface area contributed by atoms with E-state index >= 15 is 0 Å². The molecule has 2 aliphatic heterocycles. The zero-order valence-corrected chi connectivity index (χ0v) is 16.5. The lowest BCUT2D eigenvalue weighted by molar-refractivity contribution is 0.0331. The first kappa shape index (κ1) is 16.9. The van der Waals surface area contributed by atoms with E-state index in [2.05, 4.69) is 16.7 Å². The molecule has 0 unspecified atom stereocenters. The number of ether oxygens (including phenoxy) is 1. The molecule has 3 aliphatic rings. The molecule has 0 N–H and O–H groups in total. The van der Waals surface area contributed by atoms with Crippen molar-refractivity contribution < 1.29 is 4.74 Å². The topological polar surface area (TPSA) is 41.5 Å². The van der Waals surface area contributed by atoms with Gasteiger partial charge >= 0.3 is 0 Å². The van der Waals surface area contributed by atoms with E-state index in [1.54, 1.807) is 10.4 Å². The molecule has 1 aliphatic carbocycles. The number of hydrogen-bond acceptors (Lipinski definition) is 6. The zero-order valence-electron chi connectivity index (χ0n) is 15.7. The van der Waals surface area contributed by atoms with Gasteiger partial charge in [0, 0.05) is 31.1 Å². The fourth-order valence-electron chi connectivity index (χ4n) is 4.66. The number of rotatable bonds is 3. The molecular formula is C20H28N4OS. The Morgan fingerprint density at radius 1 is 1.12 bits per heavy atom. The van der Waals surface area contributed by atoms with Crippen LogP contribution < -0.4 is 4.90 Å². The maximum absolute atomic E-state index is 5.49. The third-order valence-corrected chi connectivity index (χ3v) is 7.20. The van der Waals surface area contributed by atoms with Gasteiger partial charge in [0.15, 0.2) is 0 Å². The summed E-state index contributed by atoms with van der Waals surface area (Å²) in [6.07, 6.45) is 6.34. The smallest absolute Gasteiger partial charge is 0.146 e. The molecule has 0 saturated carbocycles. The average molecular weight is 373 g/mol. The molecule has 2 aromatic rings. The molecule has 2 fully saturated rings. The molecule has 6 heteroatoms. The molecule has 1 atom stereocenters. The monoisotopic (exact) mass is 372 g/mol. The van der Waals surface area contributed by atoms with Gasteiger partial charge in [-0.25, -0.2) is 9.97 Å². The number of anilines is 1. The molecular weight excluding hydrogens is 344 g/mol. The second kappa shape index (κ2) is 7.06. The summed E-state index contributed by atoms with van der Waals surface area (Å²) < 4.78 is 5.49. The molecule has 2 saturated heterocycles. The van der Waals surface area contributed by atoms with E-state index in [0.717, 1.165) is 57.7 Å². The average Bonchev–Trinajstić information content (AvgIpc) is 3.23. The predicted octanol–water partition coefficient (Wildman–Crippen LogP) is 3.25. The Balaban J connectivity index is 1.55. The Hall–Kier alpha value is -1.24. The number of fused-ring (bicyclic) bond motifs is 3. The number of piperidine rings is 1. The lowest BCUT2D eigenvalue weighted by Crippen LogP contribution is -2.37. The van der Waals surface area contributed by atoms with Crippen LogP contribution in [0.2, 0.25) is 0 Å². The van der Waals surface area contributed by atoms with Crippen LogP contribution in [0.5, 0.6) is 0 Å². The van der Waals surface area contributed by atoms with E-state index in [1.165, 1.54) is 48.1 Å². The molecule has 0 spiro atoms. The third-order valence-electron chi connectivity index (χ3n) is 6.02. The Bertz CT molecular complexity index is 799. The Labute approximate surface area is 159 Å². The third kappa shape index (κ3) is 3.12. The van der Waals surface area contributed by atoms with Crippen molar-refractivity contribution in [1.29, 1.82) is 0 Å². The van der Waals surface area contributed by atoms with Crippen LogP contribution in [0.4, 0.5) is 5.82 Å². The van der Waals surface area contributed by atoms with Crippen molar-refractivity contribution in [2.45, 2.75) is 45.6 Å². The molecule has 0 amide bonds. The van der Waals surface area contributed by atoms with Crippen LogP contribution in [0.3, 0.4) is 0 Å². The first-order valence-electron chi connectivity index (χ1n) is 10.1. The van der Waals surface area contributed by atoms with Gasteiger partial charge in [0.1, 0.15) is 16.5 Å². The molecule has 5 rings (SSSR count). The highest BCUT2D eigenvalue weighted by atomic mass is 32.1. The van der Waals surface area contributed by atoms with Crippen LogP contribution in [0.1, 0.15) is 42.5 Å². The van der Waals surface area contributed by atoms with Crippen LogP contribution in [-0.4, -0.2) is 54.3 Å². The summed E-state index contributed by atoms with van der Waals surface area (Å²) in [7, 11) is 0. The number of hydrogen-bond donors (Lipinski definition) is 0. The molecule has 2 aromatic heterocycles.